The third kappa shape index (κ3) is 7.74. The number of halogens is 1. The minimum atomic E-state index is -1.15. The van der Waals surface area contributed by atoms with E-state index >= 15 is 0 Å². The number of allylic oxidation sites excluding steroid dienone is 2. The van der Waals surface area contributed by atoms with E-state index in [2.05, 4.69) is 77.6 Å². The van der Waals surface area contributed by atoms with Crippen molar-refractivity contribution in [2.45, 2.75) is 139 Å². The Morgan fingerprint density at radius 3 is 2.27 bits per heavy atom. The lowest BCUT2D eigenvalue weighted by Crippen LogP contribution is -2.63. The number of carboxylic acids is 1. The van der Waals surface area contributed by atoms with Crippen molar-refractivity contribution in [2.24, 2.45) is 56.7 Å². The summed E-state index contributed by atoms with van der Waals surface area (Å²) < 4.78 is 6.19. The highest BCUT2D eigenvalue weighted by atomic mass is 35.5. The zero-order valence-electron chi connectivity index (χ0n) is 35.7. The van der Waals surface area contributed by atoms with E-state index in [1.54, 1.807) is 19.4 Å². The minimum Gasteiger partial charge on any atom is -0.481 e. The number of rotatable bonds is 13. The van der Waals surface area contributed by atoms with E-state index in [4.69, 9.17) is 16.3 Å². The first-order valence-corrected chi connectivity index (χ1v) is 21.9. The average Bonchev–Trinajstić information content (AvgIpc) is 3.40. The Morgan fingerprint density at radius 2 is 1.62 bits per heavy atom. The fraction of sp³-hybridized carbons (Fsp3) is 0.766. The van der Waals surface area contributed by atoms with E-state index in [9.17, 15) is 19.5 Å². The molecule has 0 aliphatic heterocycles. The van der Waals surface area contributed by atoms with Gasteiger partial charge in [-0.15, -0.1) is 0 Å². The van der Waals surface area contributed by atoms with Gasteiger partial charge in [-0.3, -0.25) is 19.3 Å². The quantitative estimate of drug-likeness (QED) is 0.200. The normalized spacial score (nSPS) is 34.4. The molecule has 4 fully saturated rings. The molecule has 7 nitrogen and oxygen atoms in total. The second-order valence-electron chi connectivity index (χ2n) is 21.0. The summed E-state index contributed by atoms with van der Waals surface area (Å²) in [5.74, 6) is 1.28. The van der Waals surface area contributed by atoms with Gasteiger partial charge in [0.05, 0.1) is 11.8 Å². The van der Waals surface area contributed by atoms with Crippen LogP contribution < -0.4 is 0 Å². The number of carbonyl (C=O) groups is 3. The van der Waals surface area contributed by atoms with E-state index in [-0.39, 0.29) is 40.1 Å². The summed E-state index contributed by atoms with van der Waals surface area (Å²) in [6.45, 7) is 21.2. The van der Waals surface area contributed by atoms with Crippen LogP contribution in [0.1, 0.15) is 132 Å². The van der Waals surface area contributed by atoms with Crippen molar-refractivity contribution in [2.75, 3.05) is 33.7 Å². The zero-order chi connectivity index (χ0) is 40.3. The predicted octanol–water partition coefficient (Wildman–Crippen LogP) is 10.1. The molecule has 306 valence electrons. The van der Waals surface area contributed by atoms with Crippen LogP contribution in [0, 0.1) is 56.7 Å². The maximum Gasteiger partial charge on any atom is 0.309 e. The van der Waals surface area contributed by atoms with E-state index in [1.807, 2.05) is 12.1 Å². The van der Waals surface area contributed by atoms with Gasteiger partial charge in [-0.2, -0.15) is 0 Å². The van der Waals surface area contributed by atoms with Crippen LogP contribution in [0.15, 0.2) is 35.4 Å². The van der Waals surface area contributed by atoms with Crippen LogP contribution in [0.3, 0.4) is 0 Å². The number of fused-ring (bicyclic) bond motifs is 7. The Labute approximate surface area is 337 Å². The van der Waals surface area contributed by atoms with Gasteiger partial charge < -0.3 is 14.7 Å². The Hall–Kier alpha value is -2.22. The summed E-state index contributed by atoms with van der Waals surface area (Å²) in [5, 5.41) is 10.5. The van der Waals surface area contributed by atoms with Crippen LogP contribution in [0.4, 0.5) is 0 Å². The molecular weight excluding hydrogens is 708 g/mol. The fourth-order valence-electron chi connectivity index (χ4n) is 13.4. The topological polar surface area (TPSA) is 87.2 Å². The number of carboxylic acid groups (broad SMARTS) is 1. The van der Waals surface area contributed by atoms with Gasteiger partial charge in [-0.25, -0.2) is 0 Å². The number of nitrogens with zero attached hydrogens (tertiary/aromatic N) is 2. The van der Waals surface area contributed by atoms with Crippen molar-refractivity contribution >= 4 is 29.3 Å². The first-order valence-electron chi connectivity index (χ1n) is 21.5. The summed E-state index contributed by atoms with van der Waals surface area (Å²) in [5.41, 5.74) is 2.79. The number of aliphatic carboxylic acids is 1. The van der Waals surface area contributed by atoms with Gasteiger partial charge in [-0.05, 0) is 150 Å². The molecule has 0 aromatic heterocycles. The van der Waals surface area contributed by atoms with Crippen molar-refractivity contribution in [3.8, 4) is 0 Å². The standard InChI is InChI=1S/C47H71ClN2O5/c1-30(2)40-35(51)27-47(23-24-50(26-25-49(9)10)29-31-13-11-12-14-34(31)48)22-17-33-32(41(40)47)15-16-37-45(33,7)20-18-36-44(5,6)38(19-21-46(36,37)8)55-39(52)28-43(3,4)42(53)54/h11-14,30,32-33,36-38H,15-29H2,1-10H3,(H,53,54). The molecule has 1 aromatic rings. The summed E-state index contributed by atoms with van der Waals surface area (Å²) >= 11 is 6.68. The lowest BCUT2D eigenvalue weighted by Gasteiger charge is -2.69. The van der Waals surface area contributed by atoms with E-state index in [0.29, 0.717) is 35.9 Å². The van der Waals surface area contributed by atoms with Crippen LogP contribution in [-0.4, -0.2) is 72.5 Å². The fourth-order valence-corrected chi connectivity index (χ4v) is 13.6. The molecule has 1 aromatic carbocycles. The molecular formula is C47H71ClN2O5. The highest BCUT2D eigenvalue weighted by molar-refractivity contribution is 6.31. The van der Waals surface area contributed by atoms with Crippen molar-refractivity contribution in [1.82, 2.24) is 9.80 Å². The Kier molecular flexibility index (Phi) is 12.0. The molecule has 1 N–H and O–H groups in total. The Bertz CT molecular complexity index is 1670. The number of ketones is 1. The summed E-state index contributed by atoms with van der Waals surface area (Å²) in [6, 6.07) is 8.22. The number of hydrogen-bond donors (Lipinski definition) is 1. The molecule has 6 rings (SSSR count). The van der Waals surface area contributed by atoms with Gasteiger partial charge in [0.1, 0.15) is 6.10 Å². The van der Waals surface area contributed by atoms with E-state index < -0.39 is 17.4 Å². The van der Waals surface area contributed by atoms with Crippen LogP contribution in [-0.2, 0) is 25.7 Å². The van der Waals surface area contributed by atoms with Gasteiger partial charge in [0.2, 0.25) is 0 Å². The third-order valence-electron chi connectivity index (χ3n) is 16.2. The number of likely N-dealkylation sites (N-methyl/N-ethyl adjacent to an activating group) is 1. The number of ether oxygens (including phenoxy) is 1. The van der Waals surface area contributed by atoms with Crippen molar-refractivity contribution in [1.29, 1.82) is 0 Å². The first kappa shape index (κ1) is 42.4. The smallest absolute Gasteiger partial charge is 0.309 e. The van der Waals surface area contributed by atoms with E-state index in [1.165, 1.54) is 12.8 Å². The van der Waals surface area contributed by atoms with Gasteiger partial charge in [0, 0.05) is 41.9 Å². The highest BCUT2D eigenvalue weighted by Gasteiger charge is 2.66. The molecule has 0 amide bonds. The van der Waals surface area contributed by atoms with Crippen molar-refractivity contribution in [3.05, 3.63) is 46.0 Å². The van der Waals surface area contributed by atoms with Crippen LogP contribution >= 0.6 is 11.6 Å². The van der Waals surface area contributed by atoms with Gasteiger partial charge in [0.15, 0.2) is 5.78 Å². The van der Waals surface area contributed by atoms with Gasteiger partial charge >= 0.3 is 11.9 Å². The monoisotopic (exact) mass is 779 g/mol. The largest absolute Gasteiger partial charge is 0.481 e. The molecule has 0 bridgehead atoms. The van der Waals surface area contributed by atoms with Crippen molar-refractivity contribution < 1.29 is 24.2 Å². The maximum absolute atomic E-state index is 14.2. The van der Waals surface area contributed by atoms with E-state index in [0.717, 1.165) is 87.3 Å². The Morgan fingerprint density at radius 1 is 0.927 bits per heavy atom. The number of hydrogen-bond acceptors (Lipinski definition) is 6. The van der Waals surface area contributed by atoms with Crippen LogP contribution in [0.25, 0.3) is 0 Å². The second-order valence-corrected chi connectivity index (χ2v) is 21.4. The zero-order valence-corrected chi connectivity index (χ0v) is 36.5. The number of benzene rings is 1. The molecule has 5 aliphatic rings. The molecule has 0 saturated heterocycles. The molecule has 4 saturated carbocycles. The number of carbonyl (C=O) groups excluding carboxylic acids is 2. The summed E-state index contributed by atoms with van der Waals surface area (Å²) in [6.07, 6.45) is 10.1. The molecule has 8 atom stereocenters. The predicted molar refractivity (Wildman–Crippen MR) is 221 cm³/mol. The second kappa shape index (κ2) is 15.5. The molecule has 0 radical (unpaired) electrons. The Balaban J connectivity index is 1.24. The SMILES string of the molecule is CC(C)C1=C2C3CCC4C(C)(CCC5C(C)(C)C(OC(=O)CC(C)(C)C(=O)O)CCC54C)C3CCC2(CCN(CCN(C)C)Cc2ccccc2Cl)CC1=O. The third-order valence-corrected chi connectivity index (χ3v) is 16.6. The van der Waals surface area contributed by atoms with Gasteiger partial charge in [0.25, 0.3) is 0 Å². The number of esters is 1. The lowest BCUT2D eigenvalue weighted by atomic mass is 9.36. The molecule has 0 heterocycles. The van der Waals surface area contributed by atoms with Crippen molar-refractivity contribution in [3.63, 3.8) is 0 Å². The molecule has 0 spiro atoms. The average molecular weight is 780 g/mol. The molecule has 55 heavy (non-hydrogen) atoms. The molecule has 5 aliphatic carbocycles. The number of Topliss-reactive ketones (excluding diaryl/α,β-unsaturated/α-hetero) is 1. The molecule has 8 unspecified atom stereocenters. The highest BCUT2D eigenvalue weighted by Crippen LogP contribution is 2.73. The lowest BCUT2D eigenvalue weighted by molar-refractivity contribution is -0.214. The summed E-state index contributed by atoms with van der Waals surface area (Å²) in [7, 11) is 4.27. The first-order chi connectivity index (χ1) is 25.7. The minimum absolute atomic E-state index is 0.0574. The molecule has 8 heteroatoms. The van der Waals surface area contributed by atoms with Gasteiger partial charge in [-0.1, -0.05) is 76.9 Å². The van der Waals surface area contributed by atoms with Crippen LogP contribution in [0.5, 0.6) is 0 Å². The summed E-state index contributed by atoms with van der Waals surface area (Å²) in [4.78, 5) is 43.9. The van der Waals surface area contributed by atoms with Crippen LogP contribution in [0.2, 0.25) is 5.02 Å². The maximum atomic E-state index is 14.2.